The Bertz CT molecular complexity index is 180. The summed E-state index contributed by atoms with van der Waals surface area (Å²) in [7, 11) is 1.21. The third-order valence-electron chi connectivity index (χ3n) is 0.655. The zero-order chi connectivity index (χ0) is 7.28. The van der Waals surface area contributed by atoms with Crippen LogP contribution in [-0.2, 0) is 9.53 Å². The molecule has 9 heavy (non-hydrogen) atoms. The molecule has 0 rings (SSSR count). The van der Waals surface area contributed by atoms with E-state index < -0.39 is 5.97 Å². The zero-order valence-corrected chi connectivity index (χ0v) is 5.68. The van der Waals surface area contributed by atoms with Crippen molar-refractivity contribution in [3.05, 3.63) is 11.0 Å². The van der Waals surface area contributed by atoms with E-state index >= 15 is 0 Å². The number of ether oxygens (including phenoxy) is 1. The van der Waals surface area contributed by atoms with Gasteiger partial charge in [-0.1, -0.05) is 0 Å². The van der Waals surface area contributed by atoms with Gasteiger partial charge < -0.3 is 4.74 Å². The lowest BCUT2D eigenvalue weighted by atomic mass is 10.3. The highest BCUT2D eigenvalue weighted by molar-refractivity contribution is 7.83. The molecule has 0 N–H and O–H groups in total. The van der Waals surface area contributed by atoms with Crippen molar-refractivity contribution in [3.8, 4) is 6.07 Å². The Kier molecular flexibility index (Phi) is 3.56. The van der Waals surface area contributed by atoms with Gasteiger partial charge in [-0.05, 0) is 5.41 Å². The lowest BCUT2D eigenvalue weighted by molar-refractivity contribution is -0.135. The van der Waals surface area contributed by atoms with Gasteiger partial charge in [-0.3, -0.25) is 0 Å². The molecular formula is C5H5NO2S. The Hall–Kier alpha value is -0.950. The summed E-state index contributed by atoms with van der Waals surface area (Å²) < 4.78 is 4.22. The molecule has 0 radical (unpaired) electrons. The van der Waals surface area contributed by atoms with Crippen molar-refractivity contribution in [1.29, 1.82) is 5.26 Å². The molecular weight excluding hydrogens is 138 g/mol. The molecule has 0 amide bonds. The van der Waals surface area contributed by atoms with Crippen LogP contribution in [0.4, 0.5) is 0 Å². The van der Waals surface area contributed by atoms with Gasteiger partial charge in [0, 0.05) is 0 Å². The maximum atomic E-state index is 10.4. The quantitative estimate of drug-likeness (QED) is 0.251. The number of nitriles is 1. The molecule has 0 saturated heterocycles. The molecule has 0 atom stereocenters. The highest BCUT2D eigenvalue weighted by atomic mass is 32.1. The van der Waals surface area contributed by atoms with Crippen LogP contribution in [0.1, 0.15) is 0 Å². The van der Waals surface area contributed by atoms with Crippen LogP contribution in [0.5, 0.6) is 0 Å². The number of esters is 1. The number of rotatable bonds is 1. The normalized spacial score (nSPS) is 10.1. The first-order chi connectivity index (χ1) is 4.26. The first kappa shape index (κ1) is 8.05. The molecule has 0 spiro atoms. The van der Waals surface area contributed by atoms with Gasteiger partial charge >= 0.3 is 5.97 Å². The van der Waals surface area contributed by atoms with Crippen LogP contribution in [0, 0.1) is 11.3 Å². The average Bonchev–Trinajstić information content (AvgIpc) is 1.90. The van der Waals surface area contributed by atoms with Gasteiger partial charge in [-0.15, -0.1) is 12.6 Å². The topological polar surface area (TPSA) is 50.1 Å². The second-order valence-corrected chi connectivity index (χ2v) is 1.40. The highest BCUT2D eigenvalue weighted by Gasteiger charge is 2.05. The second-order valence-electron chi connectivity index (χ2n) is 1.15. The molecule has 4 heteroatoms. The minimum absolute atomic E-state index is 0.0965. The molecule has 0 aromatic carbocycles. The Morgan fingerprint density at radius 1 is 1.89 bits per heavy atom. The van der Waals surface area contributed by atoms with Gasteiger partial charge in [0.05, 0.1) is 7.11 Å². The van der Waals surface area contributed by atoms with Gasteiger partial charge in [-0.25, -0.2) is 4.79 Å². The summed E-state index contributed by atoms with van der Waals surface area (Å²) in [5, 5.41) is 9.26. The van der Waals surface area contributed by atoms with Crippen LogP contribution in [0.25, 0.3) is 0 Å². The van der Waals surface area contributed by atoms with Gasteiger partial charge in [0.15, 0.2) is 0 Å². The highest BCUT2D eigenvalue weighted by Crippen LogP contribution is 1.95. The third-order valence-corrected chi connectivity index (χ3v) is 0.913. The second kappa shape index (κ2) is 3.98. The molecule has 0 aromatic rings. The van der Waals surface area contributed by atoms with Crippen LogP contribution in [0.2, 0.25) is 0 Å². The molecule has 0 aliphatic carbocycles. The lowest BCUT2D eigenvalue weighted by Gasteiger charge is -1.91. The maximum absolute atomic E-state index is 10.4. The lowest BCUT2D eigenvalue weighted by Crippen LogP contribution is -2.01. The van der Waals surface area contributed by atoms with Crippen molar-refractivity contribution < 1.29 is 9.53 Å². The van der Waals surface area contributed by atoms with E-state index in [-0.39, 0.29) is 5.57 Å². The summed E-state index contributed by atoms with van der Waals surface area (Å²) in [6.45, 7) is 0. The Morgan fingerprint density at radius 3 is 2.56 bits per heavy atom. The Morgan fingerprint density at radius 2 is 2.44 bits per heavy atom. The molecule has 0 fully saturated rings. The SMILES string of the molecule is COC(=O)/C(C#N)=C/S. The predicted molar refractivity (Wildman–Crippen MR) is 34.7 cm³/mol. The minimum atomic E-state index is -0.660. The summed E-state index contributed by atoms with van der Waals surface area (Å²) in [4.78, 5) is 10.4. The smallest absolute Gasteiger partial charge is 0.349 e. The number of carbonyl (C=O) groups is 1. The predicted octanol–water partition coefficient (Wildman–Crippen LogP) is 0.497. The van der Waals surface area contributed by atoms with Crippen molar-refractivity contribution >= 4 is 18.6 Å². The summed E-state index contributed by atoms with van der Waals surface area (Å²) in [6.07, 6.45) is 0. The van der Waals surface area contributed by atoms with Crippen LogP contribution < -0.4 is 0 Å². The molecule has 48 valence electrons. The molecule has 0 aromatic heterocycles. The first-order valence-corrected chi connectivity index (χ1v) is 2.60. The van der Waals surface area contributed by atoms with Crippen LogP contribution in [0.3, 0.4) is 0 Å². The Labute approximate surface area is 58.3 Å². The largest absolute Gasteiger partial charge is 0.465 e. The van der Waals surface area contributed by atoms with Gasteiger partial charge in [-0.2, -0.15) is 5.26 Å². The zero-order valence-electron chi connectivity index (χ0n) is 4.79. The number of carbonyl (C=O) groups excluding carboxylic acids is 1. The van der Waals surface area contributed by atoms with Crippen molar-refractivity contribution in [3.63, 3.8) is 0 Å². The number of thiol groups is 1. The number of hydrogen-bond acceptors (Lipinski definition) is 4. The molecule has 0 saturated carbocycles. The van der Waals surface area contributed by atoms with Gasteiger partial charge in [0.1, 0.15) is 11.6 Å². The van der Waals surface area contributed by atoms with E-state index in [9.17, 15) is 4.79 Å². The third kappa shape index (κ3) is 2.20. The van der Waals surface area contributed by atoms with Crippen LogP contribution >= 0.6 is 12.6 Å². The fourth-order valence-corrected chi connectivity index (χ4v) is 0.400. The standard InChI is InChI=1S/C5H5NO2S/c1-8-5(7)4(2-6)3-9/h3,9H,1H3/b4-3+. The summed E-state index contributed by atoms with van der Waals surface area (Å²) in [5.74, 6) is -0.660. The molecule has 0 heterocycles. The van der Waals surface area contributed by atoms with E-state index in [0.717, 1.165) is 5.41 Å². The molecule has 0 aliphatic heterocycles. The van der Waals surface area contributed by atoms with Crippen molar-refractivity contribution in [1.82, 2.24) is 0 Å². The fraction of sp³-hybridized carbons (Fsp3) is 0.200. The monoisotopic (exact) mass is 143 g/mol. The summed E-state index contributed by atoms with van der Waals surface area (Å²) in [5.41, 5.74) is -0.0965. The van der Waals surface area contributed by atoms with Gasteiger partial charge in [0.25, 0.3) is 0 Å². The van der Waals surface area contributed by atoms with Crippen LogP contribution in [-0.4, -0.2) is 13.1 Å². The van der Waals surface area contributed by atoms with E-state index in [2.05, 4.69) is 17.4 Å². The average molecular weight is 143 g/mol. The molecule has 3 nitrogen and oxygen atoms in total. The summed E-state index contributed by atoms with van der Waals surface area (Å²) in [6, 6.07) is 1.61. The fourth-order valence-electron chi connectivity index (χ4n) is 0.237. The summed E-state index contributed by atoms with van der Waals surface area (Å²) >= 11 is 3.60. The molecule has 0 bridgehead atoms. The molecule has 0 unspecified atom stereocenters. The Balaban J connectivity index is 4.19. The van der Waals surface area contributed by atoms with Crippen molar-refractivity contribution in [2.75, 3.05) is 7.11 Å². The van der Waals surface area contributed by atoms with E-state index in [1.54, 1.807) is 6.07 Å². The van der Waals surface area contributed by atoms with Crippen molar-refractivity contribution in [2.24, 2.45) is 0 Å². The maximum Gasteiger partial charge on any atom is 0.349 e. The number of hydrogen-bond donors (Lipinski definition) is 1. The van der Waals surface area contributed by atoms with E-state index in [4.69, 9.17) is 5.26 Å². The number of methoxy groups -OCH3 is 1. The van der Waals surface area contributed by atoms with Crippen molar-refractivity contribution in [2.45, 2.75) is 0 Å². The van der Waals surface area contributed by atoms with Gasteiger partial charge in [0.2, 0.25) is 0 Å². The van der Waals surface area contributed by atoms with E-state index in [1.807, 2.05) is 0 Å². The molecule has 0 aliphatic rings. The minimum Gasteiger partial charge on any atom is -0.465 e. The van der Waals surface area contributed by atoms with E-state index in [0.29, 0.717) is 0 Å². The van der Waals surface area contributed by atoms with Crippen LogP contribution in [0.15, 0.2) is 11.0 Å². The first-order valence-electron chi connectivity index (χ1n) is 2.09. The van der Waals surface area contributed by atoms with E-state index in [1.165, 1.54) is 7.11 Å². The number of nitrogens with zero attached hydrogens (tertiary/aromatic N) is 1.